The fourth-order valence-electron chi connectivity index (χ4n) is 2.86. The summed E-state index contributed by atoms with van der Waals surface area (Å²) >= 11 is 0. The molecule has 0 aliphatic rings. The maximum atomic E-state index is 12.2. The van der Waals surface area contributed by atoms with E-state index in [1.54, 1.807) is 30.3 Å². The van der Waals surface area contributed by atoms with Crippen molar-refractivity contribution in [3.63, 3.8) is 0 Å². The maximum Gasteiger partial charge on any atom is 0.395 e. The number of ether oxygens (including phenoxy) is 2. The summed E-state index contributed by atoms with van der Waals surface area (Å²) in [5, 5.41) is 23.1. The Hall–Kier alpha value is -4.67. The predicted molar refractivity (Wildman–Crippen MR) is 120 cm³/mol. The van der Waals surface area contributed by atoms with Crippen molar-refractivity contribution < 1.29 is 24.3 Å². The van der Waals surface area contributed by atoms with Crippen molar-refractivity contribution in [3.05, 3.63) is 79.9 Å². The molecular formula is C22H20N4O7. The minimum Gasteiger partial charge on any atom is -0.493 e. The maximum absolute atomic E-state index is 12.2. The molecule has 3 rings (SSSR count). The topological polar surface area (TPSA) is 157 Å². The van der Waals surface area contributed by atoms with Gasteiger partial charge in [-0.2, -0.15) is 4.98 Å². The number of carbonyl (C=O) groups is 1. The summed E-state index contributed by atoms with van der Waals surface area (Å²) in [7, 11) is 1.44. The van der Waals surface area contributed by atoms with Crippen LogP contribution in [0.15, 0.2) is 47.3 Å². The third kappa shape index (κ3) is 5.94. The van der Waals surface area contributed by atoms with Crippen molar-refractivity contribution in [2.24, 2.45) is 0 Å². The van der Waals surface area contributed by atoms with E-state index in [-0.39, 0.29) is 18.3 Å². The fourth-order valence-corrected chi connectivity index (χ4v) is 2.86. The first-order valence-electron chi connectivity index (χ1n) is 9.60. The lowest BCUT2D eigenvalue weighted by Gasteiger charge is -2.12. The highest BCUT2D eigenvalue weighted by Gasteiger charge is 2.21. The molecule has 3 N–H and O–H groups in total. The van der Waals surface area contributed by atoms with Gasteiger partial charge in [-0.1, -0.05) is 24.3 Å². The Morgan fingerprint density at radius 1 is 1.24 bits per heavy atom. The molecule has 1 amide bonds. The number of anilines is 1. The summed E-state index contributed by atoms with van der Waals surface area (Å²) < 4.78 is 10.9. The number of benzene rings is 2. The molecule has 0 aliphatic carbocycles. The van der Waals surface area contributed by atoms with Gasteiger partial charge in [0.25, 0.3) is 11.8 Å². The first-order valence-corrected chi connectivity index (χ1v) is 9.60. The molecule has 0 atom stereocenters. The standard InChI is InChI=1S/C22H20N4O7/c1-13-4-3-5-15(10-13)23-19(27)12-33-16-8-6-14(11-17(16)32-2)7-9-18-24-21(28)20(26(30)31)22(29)25-18/h3-11H,12H2,1-2H3,(H,23,27)(H2,24,25,28,29). The van der Waals surface area contributed by atoms with Crippen molar-refractivity contribution >= 4 is 29.4 Å². The van der Waals surface area contributed by atoms with Gasteiger partial charge in [0.05, 0.1) is 12.0 Å². The third-order valence-electron chi connectivity index (χ3n) is 4.36. The molecule has 0 radical (unpaired) electrons. The van der Waals surface area contributed by atoms with E-state index in [1.165, 1.54) is 13.2 Å². The smallest absolute Gasteiger partial charge is 0.395 e. The number of aromatic nitrogens is 2. The van der Waals surface area contributed by atoms with Crippen LogP contribution in [0.2, 0.25) is 0 Å². The quantitative estimate of drug-likeness (QED) is 0.348. The number of aromatic hydroxyl groups is 1. The summed E-state index contributed by atoms with van der Waals surface area (Å²) in [5.41, 5.74) is 0.199. The van der Waals surface area contributed by atoms with Crippen molar-refractivity contribution in [1.82, 2.24) is 9.97 Å². The first kappa shape index (κ1) is 23.0. The van der Waals surface area contributed by atoms with Crippen LogP contribution in [0.4, 0.5) is 11.4 Å². The summed E-state index contributed by atoms with van der Waals surface area (Å²) in [4.78, 5) is 39.4. The third-order valence-corrected chi connectivity index (χ3v) is 4.36. The van der Waals surface area contributed by atoms with Crippen molar-refractivity contribution in [2.45, 2.75) is 6.92 Å². The van der Waals surface area contributed by atoms with Crippen LogP contribution in [-0.4, -0.2) is 39.6 Å². The molecule has 0 saturated heterocycles. The number of aromatic amines is 1. The number of amides is 1. The SMILES string of the molecule is COc1cc(C=Cc2nc(O)c([N+](=O)[O-])c(=O)[nH]2)ccc1OCC(=O)Nc1cccc(C)c1. The number of rotatable bonds is 8. The molecule has 11 heteroatoms. The number of methoxy groups -OCH3 is 1. The molecule has 2 aromatic carbocycles. The van der Waals surface area contributed by atoms with Crippen molar-refractivity contribution in [1.29, 1.82) is 0 Å². The second-order valence-electron chi connectivity index (χ2n) is 6.83. The molecule has 0 saturated carbocycles. The molecule has 0 bridgehead atoms. The second kappa shape index (κ2) is 10.1. The van der Waals surface area contributed by atoms with E-state index in [0.717, 1.165) is 5.56 Å². The molecule has 0 unspecified atom stereocenters. The first-order chi connectivity index (χ1) is 15.8. The van der Waals surface area contributed by atoms with Crippen LogP contribution in [0.3, 0.4) is 0 Å². The Morgan fingerprint density at radius 3 is 2.70 bits per heavy atom. The second-order valence-corrected chi connectivity index (χ2v) is 6.83. The van der Waals surface area contributed by atoms with Gasteiger partial charge in [0.1, 0.15) is 5.82 Å². The number of hydrogen-bond donors (Lipinski definition) is 3. The molecule has 11 nitrogen and oxygen atoms in total. The summed E-state index contributed by atoms with van der Waals surface area (Å²) in [6.45, 7) is 1.69. The van der Waals surface area contributed by atoms with Gasteiger partial charge >= 0.3 is 11.2 Å². The van der Waals surface area contributed by atoms with Crippen LogP contribution in [0.5, 0.6) is 17.4 Å². The van der Waals surface area contributed by atoms with E-state index in [9.17, 15) is 24.8 Å². The Morgan fingerprint density at radius 2 is 2.03 bits per heavy atom. The Bertz CT molecular complexity index is 1280. The highest BCUT2D eigenvalue weighted by Crippen LogP contribution is 2.29. The number of nitrogens with one attached hydrogen (secondary N) is 2. The average molecular weight is 452 g/mol. The fraction of sp³-hybridized carbons (Fsp3) is 0.136. The van der Waals surface area contributed by atoms with Gasteiger partial charge in [-0.25, -0.2) is 0 Å². The van der Waals surface area contributed by atoms with Crippen LogP contribution < -0.4 is 20.3 Å². The number of nitro groups is 1. The summed E-state index contributed by atoms with van der Waals surface area (Å²) in [6.07, 6.45) is 2.90. The van der Waals surface area contributed by atoms with E-state index in [1.807, 2.05) is 25.1 Å². The molecule has 3 aromatic rings. The lowest BCUT2D eigenvalue weighted by molar-refractivity contribution is -0.387. The van der Waals surface area contributed by atoms with Crippen molar-refractivity contribution in [3.8, 4) is 17.4 Å². The van der Waals surface area contributed by atoms with Gasteiger partial charge in [0.15, 0.2) is 18.1 Å². The van der Waals surface area contributed by atoms with E-state index in [0.29, 0.717) is 22.7 Å². The largest absolute Gasteiger partial charge is 0.493 e. The summed E-state index contributed by atoms with van der Waals surface area (Å²) in [6, 6.07) is 12.3. The highest BCUT2D eigenvalue weighted by molar-refractivity contribution is 5.92. The lowest BCUT2D eigenvalue weighted by Crippen LogP contribution is -2.20. The number of nitrogens with zero attached hydrogens (tertiary/aromatic N) is 2. The summed E-state index contributed by atoms with van der Waals surface area (Å²) in [5.74, 6) is -0.689. The highest BCUT2D eigenvalue weighted by atomic mass is 16.6. The van der Waals surface area contributed by atoms with Crippen molar-refractivity contribution in [2.75, 3.05) is 19.0 Å². The van der Waals surface area contributed by atoms with Crippen LogP contribution in [0.25, 0.3) is 12.2 Å². The van der Waals surface area contributed by atoms with E-state index >= 15 is 0 Å². The van der Waals surface area contributed by atoms with Gasteiger partial charge in [-0.05, 0) is 48.4 Å². The normalized spacial score (nSPS) is 10.7. The molecule has 0 aliphatic heterocycles. The van der Waals surface area contributed by atoms with Gasteiger partial charge in [-0.3, -0.25) is 19.7 Å². The van der Waals surface area contributed by atoms with Crippen LogP contribution in [0, 0.1) is 17.0 Å². The number of hydrogen-bond acceptors (Lipinski definition) is 8. The zero-order chi connectivity index (χ0) is 24.0. The van der Waals surface area contributed by atoms with Crippen LogP contribution >= 0.6 is 0 Å². The van der Waals surface area contributed by atoms with E-state index < -0.39 is 22.0 Å². The van der Waals surface area contributed by atoms with E-state index in [4.69, 9.17) is 9.47 Å². The minimum absolute atomic E-state index is 0.0739. The van der Waals surface area contributed by atoms with Gasteiger partial charge in [0.2, 0.25) is 0 Å². The Balaban J connectivity index is 1.69. The number of H-pyrrole nitrogens is 1. The molecule has 170 valence electrons. The minimum atomic E-state index is -1.07. The molecular weight excluding hydrogens is 432 g/mol. The van der Waals surface area contributed by atoms with Gasteiger partial charge in [0, 0.05) is 5.69 Å². The predicted octanol–water partition coefficient (Wildman–Crippen LogP) is 2.89. The van der Waals surface area contributed by atoms with E-state index in [2.05, 4.69) is 15.3 Å². The van der Waals surface area contributed by atoms with Gasteiger partial charge < -0.3 is 24.9 Å². The zero-order valence-corrected chi connectivity index (χ0v) is 17.7. The average Bonchev–Trinajstić information content (AvgIpc) is 2.75. The number of aryl methyl sites for hydroxylation is 1. The van der Waals surface area contributed by atoms with Gasteiger partial charge in [-0.15, -0.1) is 0 Å². The molecule has 33 heavy (non-hydrogen) atoms. The van der Waals surface area contributed by atoms with Crippen LogP contribution in [-0.2, 0) is 4.79 Å². The zero-order valence-electron chi connectivity index (χ0n) is 17.7. The molecule has 1 aromatic heterocycles. The number of carbonyl (C=O) groups excluding carboxylic acids is 1. The Kier molecular flexibility index (Phi) is 7.03. The lowest BCUT2D eigenvalue weighted by atomic mass is 10.2. The Labute approximate surface area is 187 Å². The molecule has 0 spiro atoms. The molecule has 1 heterocycles. The monoisotopic (exact) mass is 452 g/mol. The van der Waals surface area contributed by atoms with Crippen LogP contribution in [0.1, 0.15) is 17.0 Å². The molecule has 0 fully saturated rings.